The Morgan fingerprint density at radius 3 is 2.35 bits per heavy atom. The van der Waals surface area contributed by atoms with Crippen molar-refractivity contribution in [1.29, 1.82) is 0 Å². The molecule has 3 atom stereocenters. The topological polar surface area (TPSA) is 104 Å². The number of piperidine rings is 1. The summed E-state index contributed by atoms with van der Waals surface area (Å²) in [5.74, 6) is -4.34. The lowest BCUT2D eigenvalue weighted by molar-refractivity contribution is -0.159. The third-order valence-corrected chi connectivity index (χ3v) is 3.57. The van der Waals surface area contributed by atoms with Crippen LogP contribution in [-0.2, 0) is 19.1 Å². The molecule has 0 saturated carbocycles. The second-order valence-corrected chi connectivity index (χ2v) is 5.28. The molecule has 114 valence electrons. The fourth-order valence-corrected chi connectivity index (χ4v) is 2.50. The first-order chi connectivity index (χ1) is 9.36. The van der Waals surface area contributed by atoms with Crippen LogP contribution in [0.2, 0.25) is 0 Å². The molecular weight excluding hydrogens is 266 g/mol. The van der Waals surface area contributed by atoms with Gasteiger partial charge in [-0.1, -0.05) is 6.92 Å². The SMILES string of the molecule is COCC(C)CC(=O)N1CCC(C(=O)O)C(C(=O)O)C1. The number of rotatable bonds is 6. The molecule has 2 N–H and O–H groups in total. The van der Waals surface area contributed by atoms with Crippen LogP contribution < -0.4 is 0 Å². The van der Waals surface area contributed by atoms with E-state index in [4.69, 9.17) is 14.9 Å². The molecule has 0 radical (unpaired) electrons. The minimum Gasteiger partial charge on any atom is -0.481 e. The maximum atomic E-state index is 12.1. The molecule has 1 heterocycles. The number of aliphatic carboxylic acids is 2. The molecule has 7 heteroatoms. The Balaban J connectivity index is 2.64. The van der Waals surface area contributed by atoms with Gasteiger partial charge in [0, 0.05) is 33.2 Å². The molecule has 1 amide bonds. The highest BCUT2D eigenvalue weighted by atomic mass is 16.5. The summed E-state index contributed by atoms with van der Waals surface area (Å²) in [6.45, 7) is 2.59. The van der Waals surface area contributed by atoms with Crippen molar-refractivity contribution in [1.82, 2.24) is 4.90 Å². The molecule has 1 fully saturated rings. The number of amides is 1. The third-order valence-electron chi connectivity index (χ3n) is 3.57. The van der Waals surface area contributed by atoms with E-state index in [-0.39, 0.29) is 31.2 Å². The van der Waals surface area contributed by atoms with Crippen LogP contribution in [0.5, 0.6) is 0 Å². The van der Waals surface area contributed by atoms with E-state index in [2.05, 4.69) is 0 Å². The van der Waals surface area contributed by atoms with Gasteiger partial charge in [0.1, 0.15) is 0 Å². The largest absolute Gasteiger partial charge is 0.481 e. The van der Waals surface area contributed by atoms with Crippen molar-refractivity contribution in [2.24, 2.45) is 17.8 Å². The minimum atomic E-state index is -1.17. The van der Waals surface area contributed by atoms with Crippen molar-refractivity contribution in [2.45, 2.75) is 19.8 Å². The van der Waals surface area contributed by atoms with Gasteiger partial charge < -0.3 is 19.8 Å². The summed E-state index contributed by atoms with van der Waals surface area (Å²) in [4.78, 5) is 35.7. The Morgan fingerprint density at radius 1 is 1.25 bits per heavy atom. The molecule has 0 aliphatic carbocycles. The molecule has 0 bridgehead atoms. The van der Waals surface area contributed by atoms with Gasteiger partial charge in [-0.25, -0.2) is 0 Å². The highest BCUT2D eigenvalue weighted by Crippen LogP contribution is 2.25. The average molecular weight is 287 g/mol. The first-order valence-corrected chi connectivity index (χ1v) is 6.59. The standard InChI is InChI=1S/C13H21NO6/c1-8(7-20-2)5-11(15)14-4-3-9(12(16)17)10(6-14)13(18)19/h8-10H,3-7H2,1-2H3,(H,16,17)(H,18,19). The van der Waals surface area contributed by atoms with Gasteiger partial charge in [0.05, 0.1) is 11.8 Å². The van der Waals surface area contributed by atoms with Crippen molar-refractivity contribution in [3.8, 4) is 0 Å². The fourth-order valence-electron chi connectivity index (χ4n) is 2.50. The Kier molecular flexibility index (Phi) is 5.94. The molecule has 1 rings (SSSR count). The number of ether oxygens (including phenoxy) is 1. The van der Waals surface area contributed by atoms with Crippen LogP contribution >= 0.6 is 0 Å². The highest BCUT2D eigenvalue weighted by molar-refractivity contribution is 5.82. The number of methoxy groups -OCH3 is 1. The molecule has 0 aromatic heterocycles. The van der Waals surface area contributed by atoms with Crippen LogP contribution in [0.3, 0.4) is 0 Å². The van der Waals surface area contributed by atoms with Crippen molar-refractivity contribution >= 4 is 17.8 Å². The molecule has 0 aromatic carbocycles. The van der Waals surface area contributed by atoms with Crippen LogP contribution in [0.25, 0.3) is 0 Å². The van der Waals surface area contributed by atoms with Crippen LogP contribution in [0.4, 0.5) is 0 Å². The predicted molar refractivity (Wildman–Crippen MR) is 69.1 cm³/mol. The molecule has 20 heavy (non-hydrogen) atoms. The first-order valence-electron chi connectivity index (χ1n) is 6.59. The maximum Gasteiger partial charge on any atom is 0.309 e. The van der Waals surface area contributed by atoms with Gasteiger partial charge >= 0.3 is 11.9 Å². The second kappa shape index (κ2) is 7.23. The quantitative estimate of drug-likeness (QED) is 0.727. The van der Waals surface area contributed by atoms with E-state index >= 15 is 0 Å². The van der Waals surface area contributed by atoms with Crippen LogP contribution in [0.1, 0.15) is 19.8 Å². The predicted octanol–water partition coefficient (Wildman–Crippen LogP) is 0.293. The molecule has 0 aromatic rings. The summed E-state index contributed by atoms with van der Waals surface area (Å²) in [5, 5.41) is 18.1. The number of nitrogens with zero attached hydrogens (tertiary/aromatic N) is 1. The van der Waals surface area contributed by atoms with Gasteiger partial charge in [0.15, 0.2) is 0 Å². The van der Waals surface area contributed by atoms with E-state index in [1.807, 2.05) is 6.92 Å². The Bertz CT molecular complexity index is 383. The fraction of sp³-hybridized carbons (Fsp3) is 0.769. The van der Waals surface area contributed by atoms with Crippen molar-refractivity contribution < 1.29 is 29.3 Å². The normalized spacial score (nSPS) is 24.2. The van der Waals surface area contributed by atoms with Gasteiger partial charge in [-0.15, -0.1) is 0 Å². The van der Waals surface area contributed by atoms with Gasteiger partial charge in [-0.05, 0) is 12.3 Å². The van der Waals surface area contributed by atoms with Crippen LogP contribution in [0.15, 0.2) is 0 Å². The van der Waals surface area contributed by atoms with E-state index in [0.717, 1.165) is 0 Å². The lowest BCUT2D eigenvalue weighted by Crippen LogP contribution is -2.49. The van der Waals surface area contributed by atoms with Crippen LogP contribution in [-0.4, -0.2) is 59.8 Å². The third kappa shape index (κ3) is 4.19. The van der Waals surface area contributed by atoms with E-state index in [1.165, 1.54) is 4.90 Å². The first kappa shape index (κ1) is 16.4. The lowest BCUT2D eigenvalue weighted by Gasteiger charge is -2.35. The number of likely N-dealkylation sites (tertiary alicyclic amines) is 1. The zero-order valence-corrected chi connectivity index (χ0v) is 11.7. The maximum absolute atomic E-state index is 12.1. The Hall–Kier alpha value is -1.63. The number of carbonyl (C=O) groups is 3. The monoisotopic (exact) mass is 287 g/mol. The molecular formula is C13H21NO6. The molecule has 7 nitrogen and oxygen atoms in total. The highest BCUT2D eigenvalue weighted by Gasteiger charge is 2.40. The van der Waals surface area contributed by atoms with E-state index in [0.29, 0.717) is 13.2 Å². The zero-order valence-electron chi connectivity index (χ0n) is 11.7. The smallest absolute Gasteiger partial charge is 0.309 e. The molecule has 1 saturated heterocycles. The summed E-state index contributed by atoms with van der Waals surface area (Å²) in [7, 11) is 1.56. The number of carboxylic acids is 2. The summed E-state index contributed by atoms with van der Waals surface area (Å²) in [6.07, 6.45) is 0.453. The number of hydrogen-bond acceptors (Lipinski definition) is 4. The Labute approximate surface area is 117 Å². The lowest BCUT2D eigenvalue weighted by atomic mass is 9.85. The van der Waals surface area contributed by atoms with E-state index < -0.39 is 23.8 Å². The summed E-state index contributed by atoms with van der Waals surface area (Å²) in [6, 6.07) is 0. The van der Waals surface area contributed by atoms with E-state index in [9.17, 15) is 14.4 Å². The van der Waals surface area contributed by atoms with Crippen LogP contribution in [0, 0.1) is 17.8 Å². The van der Waals surface area contributed by atoms with Gasteiger partial charge in [0.2, 0.25) is 5.91 Å². The summed E-state index contributed by atoms with van der Waals surface area (Å²) in [5.41, 5.74) is 0. The van der Waals surface area contributed by atoms with Gasteiger partial charge in [-0.2, -0.15) is 0 Å². The van der Waals surface area contributed by atoms with Crippen molar-refractivity contribution in [3.05, 3.63) is 0 Å². The number of hydrogen-bond donors (Lipinski definition) is 2. The second-order valence-electron chi connectivity index (χ2n) is 5.28. The average Bonchev–Trinajstić information content (AvgIpc) is 2.37. The summed E-state index contributed by atoms with van der Waals surface area (Å²) < 4.78 is 4.96. The number of carbonyl (C=O) groups excluding carboxylic acids is 1. The summed E-state index contributed by atoms with van der Waals surface area (Å²) >= 11 is 0. The molecule has 1 aliphatic rings. The molecule has 1 aliphatic heterocycles. The van der Waals surface area contributed by atoms with Gasteiger partial charge in [-0.3, -0.25) is 14.4 Å². The molecule has 3 unspecified atom stereocenters. The zero-order chi connectivity index (χ0) is 15.3. The van der Waals surface area contributed by atoms with E-state index in [1.54, 1.807) is 7.11 Å². The molecule has 0 spiro atoms. The van der Waals surface area contributed by atoms with Crippen molar-refractivity contribution in [3.63, 3.8) is 0 Å². The van der Waals surface area contributed by atoms with Gasteiger partial charge in [0.25, 0.3) is 0 Å². The Morgan fingerprint density at radius 2 is 1.85 bits per heavy atom. The number of carboxylic acid groups (broad SMARTS) is 2. The minimum absolute atomic E-state index is 0.0369. The van der Waals surface area contributed by atoms with Crippen molar-refractivity contribution in [2.75, 3.05) is 26.8 Å².